The molecule has 0 unspecified atom stereocenters. The average Bonchev–Trinajstić information content (AvgIpc) is 2.60. The van der Waals surface area contributed by atoms with Gasteiger partial charge in [0, 0.05) is 38.9 Å². The molecule has 6 heteroatoms. The Hall–Kier alpha value is -2.47. The lowest BCUT2D eigenvalue weighted by Crippen LogP contribution is -2.47. The molecule has 6 nitrogen and oxygen atoms in total. The fourth-order valence-electron chi connectivity index (χ4n) is 2.74. The van der Waals surface area contributed by atoms with Crippen LogP contribution in [-0.2, 0) is 6.54 Å². The van der Waals surface area contributed by atoms with Crippen LogP contribution in [0.25, 0.3) is 0 Å². The van der Waals surface area contributed by atoms with Gasteiger partial charge in [-0.05, 0) is 25.6 Å². The van der Waals surface area contributed by atoms with Crippen molar-refractivity contribution in [2.24, 2.45) is 0 Å². The van der Waals surface area contributed by atoms with Gasteiger partial charge < -0.3 is 15.1 Å². The second-order valence-corrected chi connectivity index (χ2v) is 6.20. The van der Waals surface area contributed by atoms with Crippen molar-refractivity contribution < 1.29 is 4.79 Å². The van der Waals surface area contributed by atoms with Crippen LogP contribution in [0.1, 0.15) is 21.6 Å². The van der Waals surface area contributed by atoms with Crippen LogP contribution in [0.5, 0.6) is 0 Å². The second-order valence-electron chi connectivity index (χ2n) is 6.20. The van der Waals surface area contributed by atoms with Gasteiger partial charge in [-0.15, -0.1) is 0 Å². The summed E-state index contributed by atoms with van der Waals surface area (Å²) >= 11 is 0. The molecule has 1 amide bonds. The van der Waals surface area contributed by atoms with E-state index in [9.17, 15) is 4.79 Å². The molecule has 1 aromatic heterocycles. The predicted molar refractivity (Wildman–Crippen MR) is 93.9 cm³/mol. The number of anilines is 1. The summed E-state index contributed by atoms with van der Waals surface area (Å²) < 4.78 is 0. The first kappa shape index (κ1) is 16.4. The Bertz CT molecular complexity index is 710. The van der Waals surface area contributed by atoms with E-state index in [1.54, 1.807) is 12.3 Å². The summed E-state index contributed by atoms with van der Waals surface area (Å²) in [5, 5.41) is 3.19. The number of hydrogen-bond donors (Lipinski definition) is 1. The van der Waals surface area contributed by atoms with Crippen molar-refractivity contribution >= 4 is 11.9 Å². The van der Waals surface area contributed by atoms with Gasteiger partial charge in [0.1, 0.15) is 5.69 Å². The van der Waals surface area contributed by atoms with E-state index in [0.29, 0.717) is 18.2 Å². The summed E-state index contributed by atoms with van der Waals surface area (Å²) in [5.74, 6) is 0.459. The van der Waals surface area contributed by atoms with Crippen molar-refractivity contribution in [3.05, 3.63) is 53.3 Å². The minimum Gasteiger partial charge on any atom is -0.350 e. The number of likely N-dealkylation sites (N-methyl/N-ethyl adjacent to an activating group) is 1. The molecule has 0 aliphatic carbocycles. The van der Waals surface area contributed by atoms with Crippen molar-refractivity contribution in [1.82, 2.24) is 19.8 Å². The first-order chi connectivity index (χ1) is 11.6. The number of benzene rings is 1. The van der Waals surface area contributed by atoms with Gasteiger partial charge in [0.05, 0.1) is 0 Å². The summed E-state index contributed by atoms with van der Waals surface area (Å²) in [6, 6.07) is 9.94. The molecule has 3 rings (SSSR count). The number of aryl methyl sites for hydroxylation is 1. The highest BCUT2D eigenvalue weighted by Crippen LogP contribution is 2.10. The third kappa shape index (κ3) is 4.08. The standard InChI is InChI=1S/C18H23N5O/c1-14-4-3-5-15(12-14)13-20-18-19-7-6-16(21-18)17(24)23-10-8-22(2)9-11-23/h3-7,12H,8-11,13H2,1-2H3,(H,19,20,21). The van der Waals surface area contributed by atoms with E-state index in [2.05, 4.69) is 52.4 Å². The molecule has 0 saturated carbocycles. The number of piperazine rings is 1. The van der Waals surface area contributed by atoms with Crippen molar-refractivity contribution in [1.29, 1.82) is 0 Å². The van der Waals surface area contributed by atoms with Crippen LogP contribution in [0.4, 0.5) is 5.95 Å². The number of hydrogen-bond acceptors (Lipinski definition) is 5. The zero-order chi connectivity index (χ0) is 16.9. The molecule has 0 radical (unpaired) electrons. The van der Waals surface area contributed by atoms with E-state index in [1.165, 1.54) is 5.56 Å². The molecule has 1 aromatic carbocycles. The molecule has 24 heavy (non-hydrogen) atoms. The maximum Gasteiger partial charge on any atom is 0.272 e. The number of nitrogens with zero attached hydrogens (tertiary/aromatic N) is 4. The molecule has 1 fully saturated rings. The summed E-state index contributed by atoms with van der Waals surface area (Å²) in [6.07, 6.45) is 1.63. The van der Waals surface area contributed by atoms with Crippen molar-refractivity contribution in [3.8, 4) is 0 Å². The number of nitrogens with one attached hydrogen (secondary N) is 1. The van der Waals surface area contributed by atoms with Gasteiger partial charge in [0.15, 0.2) is 0 Å². The van der Waals surface area contributed by atoms with E-state index in [1.807, 2.05) is 11.0 Å². The quantitative estimate of drug-likeness (QED) is 0.928. The zero-order valence-electron chi connectivity index (χ0n) is 14.2. The van der Waals surface area contributed by atoms with Crippen LogP contribution in [0.3, 0.4) is 0 Å². The van der Waals surface area contributed by atoms with E-state index >= 15 is 0 Å². The third-order valence-corrected chi connectivity index (χ3v) is 4.20. The van der Waals surface area contributed by atoms with Crippen LogP contribution < -0.4 is 5.32 Å². The van der Waals surface area contributed by atoms with Crippen LogP contribution in [0.2, 0.25) is 0 Å². The van der Waals surface area contributed by atoms with Crippen LogP contribution in [-0.4, -0.2) is 58.9 Å². The highest BCUT2D eigenvalue weighted by molar-refractivity contribution is 5.92. The first-order valence-electron chi connectivity index (χ1n) is 8.22. The lowest BCUT2D eigenvalue weighted by Gasteiger charge is -2.32. The Morgan fingerprint density at radius 2 is 2.00 bits per heavy atom. The maximum atomic E-state index is 12.6. The van der Waals surface area contributed by atoms with Gasteiger partial charge in [0.2, 0.25) is 5.95 Å². The third-order valence-electron chi connectivity index (χ3n) is 4.20. The number of amides is 1. The van der Waals surface area contributed by atoms with Crippen LogP contribution >= 0.6 is 0 Å². The monoisotopic (exact) mass is 325 g/mol. The molecule has 1 saturated heterocycles. The highest BCUT2D eigenvalue weighted by atomic mass is 16.2. The minimum atomic E-state index is -0.0240. The molecular formula is C18H23N5O. The number of aromatic nitrogens is 2. The Morgan fingerprint density at radius 1 is 1.21 bits per heavy atom. The normalized spacial score (nSPS) is 15.3. The molecule has 0 spiro atoms. The van der Waals surface area contributed by atoms with Crippen LogP contribution in [0, 0.1) is 6.92 Å². The van der Waals surface area contributed by atoms with Crippen LogP contribution in [0.15, 0.2) is 36.5 Å². The smallest absolute Gasteiger partial charge is 0.272 e. The zero-order valence-corrected chi connectivity index (χ0v) is 14.2. The molecule has 1 aliphatic heterocycles. The van der Waals surface area contributed by atoms with E-state index in [4.69, 9.17) is 0 Å². The molecule has 126 valence electrons. The van der Waals surface area contributed by atoms with E-state index < -0.39 is 0 Å². The van der Waals surface area contributed by atoms with Gasteiger partial charge in [-0.25, -0.2) is 9.97 Å². The Balaban J connectivity index is 1.64. The van der Waals surface area contributed by atoms with Gasteiger partial charge in [-0.3, -0.25) is 4.79 Å². The van der Waals surface area contributed by atoms with E-state index in [0.717, 1.165) is 31.7 Å². The molecule has 1 N–H and O–H groups in total. The second kappa shape index (κ2) is 7.40. The molecule has 1 aliphatic rings. The first-order valence-corrected chi connectivity index (χ1v) is 8.22. The summed E-state index contributed by atoms with van der Waals surface area (Å²) in [7, 11) is 2.07. The number of carbonyl (C=O) groups is 1. The molecule has 0 atom stereocenters. The molecule has 0 bridgehead atoms. The summed E-state index contributed by atoms with van der Waals surface area (Å²) in [6.45, 7) is 5.98. The largest absolute Gasteiger partial charge is 0.350 e. The Morgan fingerprint density at radius 3 is 2.75 bits per heavy atom. The fraction of sp³-hybridized carbons (Fsp3) is 0.389. The highest BCUT2D eigenvalue weighted by Gasteiger charge is 2.21. The van der Waals surface area contributed by atoms with Gasteiger partial charge in [-0.1, -0.05) is 29.8 Å². The molecular weight excluding hydrogens is 302 g/mol. The van der Waals surface area contributed by atoms with Crippen molar-refractivity contribution in [2.75, 3.05) is 38.5 Å². The van der Waals surface area contributed by atoms with Gasteiger partial charge >= 0.3 is 0 Å². The van der Waals surface area contributed by atoms with E-state index in [-0.39, 0.29) is 5.91 Å². The van der Waals surface area contributed by atoms with Crippen molar-refractivity contribution in [3.63, 3.8) is 0 Å². The SMILES string of the molecule is Cc1cccc(CNc2nccc(C(=O)N3CCN(C)CC3)n2)c1. The lowest BCUT2D eigenvalue weighted by atomic mass is 10.1. The molecule has 2 heterocycles. The summed E-state index contributed by atoms with van der Waals surface area (Å²) in [4.78, 5) is 25.2. The summed E-state index contributed by atoms with van der Waals surface area (Å²) in [5.41, 5.74) is 2.82. The lowest BCUT2D eigenvalue weighted by molar-refractivity contribution is 0.0658. The van der Waals surface area contributed by atoms with Gasteiger partial charge in [-0.2, -0.15) is 0 Å². The Labute approximate surface area is 142 Å². The fourth-order valence-corrected chi connectivity index (χ4v) is 2.74. The number of rotatable bonds is 4. The minimum absolute atomic E-state index is 0.0240. The predicted octanol–water partition coefficient (Wildman–Crippen LogP) is 1.78. The average molecular weight is 325 g/mol. The topological polar surface area (TPSA) is 61.4 Å². The van der Waals surface area contributed by atoms with Crippen molar-refractivity contribution in [2.45, 2.75) is 13.5 Å². The number of carbonyl (C=O) groups excluding carboxylic acids is 1. The van der Waals surface area contributed by atoms with Gasteiger partial charge in [0.25, 0.3) is 5.91 Å². The Kier molecular flexibility index (Phi) is 5.05. The maximum absolute atomic E-state index is 12.6. The molecule has 2 aromatic rings.